The van der Waals surface area contributed by atoms with E-state index in [1.54, 1.807) is 0 Å². The van der Waals surface area contributed by atoms with Crippen molar-refractivity contribution in [2.75, 3.05) is 20.2 Å². The molecule has 0 aromatic carbocycles. The summed E-state index contributed by atoms with van der Waals surface area (Å²) in [6.45, 7) is 1.71. The quantitative estimate of drug-likeness (QED) is 0.631. The Morgan fingerprint density at radius 3 is 2.23 bits per heavy atom. The van der Waals surface area contributed by atoms with E-state index in [0.717, 1.165) is 25.9 Å². The highest BCUT2D eigenvalue weighted by molar-refractivity contribution is 5.72. The van der Waals surface area contributed by atoms with Gasteiger partial charge in [0.1, 0.15) is 0 Å². The van der Waals surface area contributed by atoms with Crippen molar-refractivity contribution >= 4 is 6.03 Å². The van der Waals surface area contributed by atoms with Crippen molar-refractivity contribution in [3.63, 3.8) is 0 Å². The van der Waals surface area contributed by atoms with Gasteiger partial charge in [0, 0.05) is 13.1 Å². The standard InChI is InChI=1S/C9H18N2O2/c1-13-10-9(12)11-7-5-3-2-4-6-8-11/h2-8H2,1H3,(H,10,12). The number of hydroxylamine groups is 1. The molecule has 0 saturated carbocycles. The summed E-state index contributed by atoms with van der Waals surface area (Å²) in [7, 11) is 1.46. The first-order chi connectivity index (χ1) is 6.34. The number of hydrogen-bond acceptors (Lipinski definition) is 2. The second-order valence-corrected chi connectivity index (χ2v) is 3.37. The average molecular weight is 186 g/mol. The lowest BCUT2D eigenvalue weighted by Crippen LogP contribution is -2.41. The van der Waals surface area contributed by atoms with Crippen LogP contribution in [0.4, 0.5) is 4.79 Å². The Morgan fingerprint density at radius 2 is 1.69 bits per heavy atom. The molecule has 0 unspecified atom stereocenters. The van der Waals surface area contributed by atoms with Crippen LogP contribution in [0.25, 0.3) is 0 Å². The first-order valence-corrected chi connectivity index (χ1v) is 4.92. The Hall–Kier alpha value is -0.770. The van der Waals surface area contributed by atoms with E-state index in [1.807, 2.05) is 4.90 Å². The minimum absolute atomic E-state index is 0.107. The van der Waals surface area contributed by atoms with Crippen LogP contribution in [0.2, 0.25) is 0 Å². The molecule has 1 N–H and O–H groups in total. The van der Waals surface area contributed by atoms with Gasteiger partial charge in [0.2, 0.25) is 0 Å². The fourth-order valence-electron chi connectivity index (χ4n) is 1.60. The van der Waals surface area contributed by atoms with Gasteiger partial charge in [-0.05, 0) is 12.8 Å². The monoisotopic (exact) mass is 186 g/mol. The van der Waals surface area contributed by atoms with Crippen molar-refractivity contribution < 1.29 is 9.63 Å². The summed E-state index contributed by atoms with van der Waals surface area (Å²) in [5, 5.41) is 0. The van der Waals surface area contributed by atoms with Crippen molar-refractivity contribution in [2.45, 2.75) is 32.1 Å². The molecule has 0 atom stereocenters. The molecule has 2 amide bonds. The second kappa shape index (κ2) is 5.80. The van der Waals surface area contributed by atoms with Crippen LogP contribution >= 0.6 is 0 Å². The number of nitrogens with zero attached hydrogens (tertiary/aromatic N) is 1. The van der Waals surface area contributed by atoms with E-state index in [2.05, 4.69) is 10.3 Å². The van der Waals surface area contributed by atoms with Crippen molar-refractivity contribution in [3.05, 3.63) is 0 Å². The predicted octanol–water partition coefficient (Wildman–Crippen LogP) is 1.52. The molecule has 4 nitrogen and oxygen atoms in total. The van der Waals surface area contributed by atoms with Gasteiger partial charge in [-0.15, -0.1) is 0 Å². The van der Waals surface area contributed by atoms with E-state index in [-0.39, 0.29) is 6.03 Å². The van der Waals surface area contributed by atoms with Crippen LogP contribution in [-0.4, -0.2) is 31.1 Å². The number of carbonyl (C=O) groups is 1. The lowest BCUT2D eigenvalue weighted by molar-refractivity contribution is 0.0851. The van der Waals surface area contributed by atoms with Gasteiger partial charge in [-0.2, -0.15) is 0 Å². The third-order valence-corrected chi connectivity index (χ3v) is 2.33. The van der Waals surface area contributed by atoms with Gasteiger partial charge in [-0.25, -0.2) is 10.3 Å². The summed E-state index contributed by atoms with van der Waals surface area (Å²) < 4.78 is 0. The molecule has 76 valence electrons. The van der Waals surface area contributed by atoms with Gasteiger partial charge >= 0.3 is 6.03 Å². The highest BCUT2D eigenvalue weighted by Gasteiger charge is 2.13. The molecule has 1 fully saturated rings. The zero-order chi connectivity index (χ0) is 9.52. The topological polar surface area (TPSA) is 41.6 Å². The third-order valence-electron chi connectivity index (χ3n) is 2.33. The summed E-state index contributed by atoms with van der Waals surface area (Å²) in [6, 6.07) is -0.107. The number of carbonyl (C=O) groups excluding carboxylic acids is 1. The molecule has 0 aromatic rings. The fourth-order valence-corrected chi connectivity index (χ4v) is 1.60. The van der Waals surface area contributed by atoms with Gasteiger partial charge in [0.15, 0.2) is 0 Å². The van der Waals surface area contributed by atoms with Gasteiger partial charge in [-0.1, -0.05) is 19.3 Å². The number of hydrogen-bond donors (Lipinski definition) is 1. The van der Waals surface area contributed by atoms with Gasteiger partial charge < -0.3 is 4.90 Å². The molecule has 0 spiro atoms. The Kier molecular flexibility index (Phi) is 4.60. The zero-order valence-corrected chi connectivity index (χ0v) is 8.21. The van der Waals surface area contributed by atoms with E-state index < -0.39 is 0 Å². The Balaban J connectivity index is 2.32. The van der Waals surface area contributed by atoms with Crippen LogP contribution in [0.3, 0.4) is 0 Å². The van der Waals surface area contributed by atoms with E-state index >= 15 is 0 Å². The maximum Gasteiger partial charge on any atom is 0.341 e. The maximum absolute atomic E-state index is 11.4. The molecule has 0 aliphatic carbocycles. The number of amides is 2. The molecule has 0 aromatic heterocycles. The summed E-state index contributed by atoms with van der Waals surface area (Å²) >= 11 is 0. The SMILES string of the molecule is CONC(=O)N1CCCCCCC1. The molecular formula is C9H18N2O2. The number of rotatable bonds is 1. The molecule has 4 heteroatoms. The molecule has 13 heavy (non-hydrogen) atoms. The average Bonchev–Trinajstić information content (AvgIpc) is 2.03. The molecular weight excluding hydrogens is 168 g/mol. The molecule has 1 aliphatic rings. The molecule has 1 saturated heterocycles. The first kappa shape index (κ1) is 10.3. The van der Waals surface area contributed by atoms with E-state index in [0.29, 0.717) is 0 Å². The van der Waals surface area contributed by atoms with Crippen LogP contribution in [0.1, 0.15) is 32.1 Å². The normalized spacial score (nSPS) is 19.0. The minimum atomic E-state index is -0.107. The number of urea groups is 1. The lowest BCUT2D eigenvalue weighted by Gasteiger charge is -2.24. The van der Waals surface area contributed by atoms with Gasteiger partial charge in [-0.3, -0.25) is 4.84 Å². The smallest absolute Gasteiger partial charge is 0.323 e. The van der Waals surface area contributed by atoms with Gasteiger partial charge in [0.05, 0.1) is 7.11 Å². The number of nitrogens with one attached hydrogen (secondary N) is 1. The largest absolute Gasteiger partial charge is 0.341 e. The maximum atomic E-state index is 11.4. The van der Waals surface area contributed by atoms with E-state index in [4.69, 9.17) is 0 Å². The van der Waals surface area contributed by atoms with Crippen LogP contribution in [0, 0.1) is 0 Å². The zero-order valence-electron chi connectivity index (χ0n) is 8.21. The van der Waals surface area contributed by atoms with Gasteiger partial charge in [0.25, 0.3) is 0 Å². The van der Waals surface area contributed by atoms with Crippen molar-refractivity contribution in [2.24, 2.45) is 0 Å². The molecule has 0 bridgehead atoms. The van der Waals surface area contributed by atoms with Crippen LogP contribution < -0.4 is 5.48 Å². The Morgan fingerprint density at radius 1 is 1.15 bits per heavy atom. The van der Waals surface area contributed by atoms with E-state index in [9.17, 15) is 4.79 Å². The molecule has 1 aliphatic heterocycles. The van der Waals surface area contributed by atoms with Crippen molar-refractivity contribution in [1.82, 2.24) is 10.4 Å². The van der Waals surface area contributed by atoms with Crippen molar-refractivity contribution in [3.8, 4) is 0 Å². The Bertz CT molecular complexity index is 154. The molecule has 1 heterocycles. The molecule has 1 rings (SSSR count). The fraction of sp³-hybridized carbons (Fsp3) is 0.889. The summed E-state index contributed by atoms with van der Waals surface area (Å²) in [5.74, 6) is 0. The Labute approximate surface area is 79.2 Å². The van der Waals surface area contributed by atoms with Crippen LogP contribution in [0.5, 0.6) is 0 Å². The molecule has 0 radical (unpaired) electrons. The number of likely N-dealkylation sites (tertiary alicyclic amines) is 1. The lowest BCUT2D eigenvalue weighted by atomic mass is 10.1. The second-order valence-electron chi connectivity index (χ2n) is 3.37. The van der Waals surface area contributed by atoms with Crippen molar-refractivity contribution in [1.29, 1.82) is 0 Å². The minimum Gasteiger partial charge on any atom is -0.323 e. The predicted molar refractivity (Wildman–Crippen MR) is 50.2 cm³/mol. The van der Waals surface area contributed by atoms with Crippen LogP contribution in [0.15, 0.2) is 0 Å². The van der Waals surface area contributed by atoms with Crippen LogP contribution in [-0.2, 0) is 4.84 Å². The summed E-state index contributed by atoms with van der Waals surface area (Å²) in [6.07, 6.45) is 5.99. The summed E-state index contributed by atoms with van der Waals surface area (Å²) in [5.41, 5.74) is 2.35. The first-order valence-electron chi connectivity index (χ1n) is 4.92. The highest BCUT2D eigenvalue weighted by atomic mass is 16.6. The summed E-state index contributed by atoms with van der Waals surface area (Å²) in [4.78, 5) is 17.8. The van der Waals surface area contributed by atoms with E-state index in [1.165, 1.54) is 26.4 Å². The highest BCUT2D eigenvalue weighted by Crippen LogP contribution is 2.10. The third kappa shape index (κ3) is 3.63.